The Morgan fingerprint density at radius 3 is 2.35 bits per heavy atom. The summed E-state index contributed by atoms with van der Waals surface area (Å²) in [6, 6.07) is 8.58. The third kappa shape index (κ3) is 5.84. The Labute approximate surface area is 119 Å². The second-order valence-corrected chi connectivity index (χ2v) is 4.93. The van der Waals surface area contributed by atoms with Gasteiger partial charge in [0.1, 0.15) is 0 Å². The number of carbonyl (C=O) groups excluding carboxylic acids is 2. The Hall–Kier alpha value is -1.88. The maximum Gasteiger partial charge on any atom is 0.251 e. The lowest BCUT2D eigenvalue weighted by molar-refractivity contribution is -0.122. The van der Waals surface area contributed by atoms with E-state index in [1.807, 2.05) is 13.0 Å². The van der Waals surface area contributed by atoms with E-state index in [1.54, 1.807) is 31.2 Å². The van der Waals surface area contributed by atoms with Gasteiger partial charge in [0.15, 0.2) is 0 Å². The molecule has 0 aliphatic heterocycles. The van der Waals surface area contributed by atoms with Crippen LogP contribution in [-0.4, -0.2) is 35.6 Å². The van der Waals surface area contributed by atoms with Crippen LogP contribution in [0, 0.1) is 0 Å². The molecule has 0 aliphatic carbocycles. The Morgan fingerprint density at radius 1 is 1.10 bits per heavy atom. The van der Waals surface area contributed by atoms with Crippen molar-refractivity contribution < 1.29 is 14.7 Å². The molecule has 0 aromatic heterocycles. The molecule has 0 spiro atoms. The lowest BCUT2D eigenvalue weighted by atomic mass is 10.1. The number of rotatable bonds is 7. The van der Waals surface area contributed by atoms with Gasteiger partial charge in [0.2, 0.25) is 5.91 Å². The van der Waals surface area contributed by atoms with Crippen LogP contribution in [0.2, 0.25) is 0 Å². The first-order chi connectivity index (χ1) is 9.52. The fourth-order valence-electron chi connectivity index (χ4n) is 1.83. The summed E-state index contributed by atoms with van der Waals surface area (Å²) in [7, 11) is 0. The van der Waals surface area contributed by atoms with Gasteiger partial charge >= 0.3 is 0 Å². The molecular weight excluding hydrogens is 256 g/mol. The Morgan fingerprint density at radius 2 is 1.75 bits per heavy atom. The Balaban J connectivity index is 2.38. The summed E-state index contributed by atoms with van der Waals surface area (Å²) < 4.78 is 0. The summed E-state index contributed by atoms with van der Waals surface area (Å²) in [5.41, 5.74) is 0.577. The van der Waals surface area contributed by atoms with E-state index in [4.69, 9.17) is 5.11 Å². The summed E-state index contributed by atoms with van der Waals surface area (Å²) in [5, 5.41) is 14.3. The number of nitrogens with one attached hydrogen (secondary N) is 2. The summed E-state index contributed by atoms with van der Waals surface area (Å²) in [5.74, 6) is -0.318. The van der Waals surface area contributed by atoms with Crippen LogP contribution < -0.4 is 10.6 Å². The Kier molecular flexibility index (Phi) is 6.73. The van der Waals surface area contributed by atoms with Crippen molar-refractivity contribution in [3.8, 4) is 0 Å². The zero-order chi connectivity index (χ0) is 15.0. The summed E-state index contributed by atoms with van der Waals surface area (Å²) in [4.78, 5) is 23.6. The highest BCUT2D eigenvalue weighted by Crippen LogP contribution is 2.00. The summed E-state index contributed by atoms with van der Waals surface area (Å²) in [6.45, 7) is 3.67. The molecule has 0 fully saturated rings. The first-order valence-electron chi connectivity index (χ1n) is 6.79. The molecule has 0 saturated carbocycles. The van der Waals surface area contributed by atoms with Crippen molar-refractivity contribution >= 4 is 11.8 Å². The molecule has 1 rings (SSSR count). The van der Waals surface area contributed by atoms with Gasteiger partial charge in [-0.2, -0.15) is 0 Å². The molecule has 0 saturated heterocycles. The standard InChI is InChI=1S/C15H22N2O3/c1-11(8-9-18)16-14(19)10-12(2)17-15(20)13-6-4-3-5-7-13/h3-7,11-12,18H,8-10H2,1-2H3,(H,16,19)(H,17,20). The van der Waals surface area contributed by atoms with E-state index in [0.717, 1.165) is 0 Å². The van der Waals surface area contributed by atoms with Crippen LogP contribution in [0.4, 0.5) is 0 Å². The molecule has 0 bridgehead atoms. The molecule has 1 aromatic carbocycles. The monoisotopic (exact) mass is 278 g/mol. The molecule has 2 amide bonds. The maximum atomic E-state index is 11.9. The van der Waals surface area contributed by atoms with E-state index in [2.05, 4.69) is 10.6 Å². The average Bonchev–Trinajstić information content (AvgIpc) is 2.39. The number of amides is 2. The minimum Gasteiger partial charge on any atom is -0.396 e. The largest absolute Gasteiger partial charge is 0.396 e. The molecular formula is C15H22N2O3. The fourth-order valence-corrected chi connectivity index (χ4v) is 1.83. The van der Waals surface area contributed by atoms with Crippen molar-refractivity contribution in [3.05, 3.63) is 35.9 Å². The summed E-state index contributed by atoms with van der Waals surface area (Å²) in [6.07, 6.45) is 0.741. The van der Waals surface area contributed by atoms with Gasteiger partial charge in [0.25, 0.3) is 5.91 Å². The number of benzene rings is 1. The lowest BCUT2D eigenvalue weighted by Gasteiger charge is -2.16. The highest BCUT2D eigenvalue weighted by atomic mass is 16.3. The SMILES string of the molecule is CC(CCO)NC(=O)CC(C)NC(=O)c1ccccc1. The zero-order valence-corrected chi connectivity index (χ0v) is 11.9. The van der Waals surface area contributed by atoms with Crippen LogP contribution >= 0.6 is 0 Å². The van der Waals surface area contributed by atoms with Gasteiger partial charge in [-0.25, -0.2) is 0 Å². The smallest absolute Gasteiger partial charge is 0.251 e. The van der Waals surface area contributed by atoms with Gasteiger partial charge in [-0.3, -0.25) is 9.59 Å². The third-order valence-electron chi connectivity index (χ3n) is 2.87. The molecule has 20 heavy (non-hydrogen) atoms. The van der Waals surface area contributed by atoms with Crippen molar-refractivity contribution in [1.82, 2.24) is 10.6 Å². The molecule has 0 heterocycles. The summed E-state index contributed by atoms with van der Waals surface area (Å²) >= 11 is 0. The number of hydrogen-bond acceptors (Lipinski definition) is 3. The van der Waals surface area contributed by atoms with Crippen LogP contribution in [0.15, 0.2) is 30.3 Å². The molecule has 1 aromatic rings. The minimum absolute atomic E-state index is 0.0434. The van der Waals surface area contributed by atoms with Crippen molar-refractivity contribution in [2.45, 2.75) is 38.8 Å². The van der Waals surface area contributed by atoms with Crippen LogP contribution in [-0.2, 0) is 4.79 Å². The van der Waals surface area contributed by atoms with Crippen molar-refractivity contribution in [2.75, 3.05) is 6.61 Å². The van der Waals surface area contributed by atoms with Gasteiger partial charge in [0, 0.05) is 30.7 Å². The number of hydrogen-bond donors (Lipinski definition) is 3. The number of aliphatic hydroxyl groups is 1. The molecule has 5 nitrogen and oxygen atoms in total. The van der Waals surface area contributed by atoms with Crippen molar-refractivity contribution in [2.24, 2.45) is 0 Å². The van der Waals surface area contributed by atoms with E-state index in [0.29, 0.717) is 12.0 Å². The quantitative estimate of drug-likeness (QED) is 0.698. The minimum atomic E-state index is -0.246. The molecule has 2 atom stereocenters. The van der Waals surface area contributed by atoms with Crippen molar-refractivity contribution in [3.63, 3.8) is 0 Å². The topological polar surface area (TPSA) is 78.4 Å². The highest BCUT2D eigenvalue weighted by Gasteiger charge is 2.14. The van der Waals surface area contributed by atoms with Gasteiger partial charge < -0.3 is 15.7 Å². The predicted molar refractivity (Wildman–Crippen MR) is 77.3 cm³/mol. The molecule has 0 aliphatic rings. The maximum absolute atomic E-state index is 11.9. The van der Waals surface area contributed by atoms with Gasteiger partial charge in [-0.15, -0.1) is 0 Å². The van der Waals surface area contributed by atoms with E-state index >= 15 is 0 Å². The Bertz CT molecular complexity index is 434. The predicted octanol–water partition coefficient (Wildman–Crippen LogP) is 1.08. The second-order valence-electron chi connectivity index (χ2n) is 4.93. The third-order valence-corrected chi connectivity index (χ3v) is 2.87. The van der Waals surface area contributed by atoms with E-state index in [-0.39, 0.29) is 36.9 Å². The van der Waals surface area contributed by atoms with Gasteiger partial charge in [-0.05, 0) is 32.4 Å². The second kappa shape index (κ2) is 8.32. The fraction of sp³-hybridized carbons (Fsp3) is 0.467. The first-order valence-corrected chi connectivity index (χ1v) is 6.79. The normalized spacial score (nSPS) is 13.3. The number of carbonyl (C=O) groups is 2. The number of aliphatic hydroxyl groups excluding tert-OH is 1. The molecule has 5 heteroatoms. The molecule has 110 valence electrons. The van der Waals surface area contributed by atoms with E-state index < -0.39 is 0 Å². The van der Waals surface area contributed by atoms with E-state index in [9.17, 15) is 9.59 Å². The first kappa shape index (κ1) is 16.2. The molecule has 0 radical (unpaired) electrons. The zero-order valence-electron chi connectivity index (χ0n) is 11.9. The van der Waals surface area contributed by atoms with E-state index in [1.165, 1.54) is 0 Å². The van der Waals surface area contributed by atoms with Crippen molar-refractivity contribution in [1.29, 1.82) is 0 Å². The lowest BCUT2D eigenvalue weighted by Crippen LogP contribution is -2.40. The average molecular weight is 278 g/mol. The van der Waals surface area contributed by atoms with Crippen LogP contribution in [0.3, 0.4) is 0 Å². The highest BCUT2D eigenvalue weighted by molar-refractivity contribution is 5.94. The van der Waals surface area contributed by atoms with Crippen LogP contribution in [0.1, 0.15) is 37.0 Å². The van der Waals surface area contributed by atoms with Crippen LogP contribution in [0.25, 0.3) is 0 Å². The van der Waals surface area contributed by atoms with Gasteiger partial charge in [-0.1, -0.05) is 18.2 Å². The molecule has 3 N–H and O–H groups in total. The van der Waals surface area contributed by atoms with Crippen LogP contribution in [0.5, 0.6) is 0 Å². The van der Waals surface area contributed by atoms with Gasteiger partial charge in [0.05, 0.1) is 0 Å². The molecule has 2 unspecified atom stereocenters.